The van der Waals surface area contributed by atoms with Crippen LogP contribution in [0.25, 0.3) is 0 Å². The molecule has 1 aromatic rings. The molecular formula is C7H11N3O. The van der Waals surface area contributed by atoms with Gasteiger partial charge in [0.05, 0.1) is 0 Å². The minimum absolute atomic E-state index is 0.0577. The smallest absolute Gasteiger partial charge is 0.294 e. The van der Waals surface area contributed by atoms with Gasteiger partial charge < -0.3 is 15.0 Å². The normalized spacial score (nSPS) is 20.8. The van der Waals surface area contributed by atoms with Crippen LogP contribution in [0, 0.1) is 0 Å². The zero-order valence-corrected chi connectivity index (χ0v) is 6.42. The summed E-state index contributed by atoms with van der Waals surface area (Å²) in [5.41, 5.74) is -0.0577. The van der Waals surface area contributed by atoms with E-state index < -0.39 is 0 Å². The molecule has 2 rings (SSSR count). The van der Waals surface area contributed by atoms with Crippen molar-refractivity contribution in [1.82, 2.24) is 15.3 Å². The van der Waals surface area contributed by atoms with Gasteiger partial charge in [-0.2, -0.15) is 0 Å². The van der Waals surface area contributed by atoms with Crippen LogP contribution in [-0.4, -0.2) is 28.7 Å². The van der Waals surface area contributed by atoms with Crippen LogP contribution in [0.2, 0.25) is 0 Å². The molecule has 1 fully saturated rings. The van der Waals surface area contributed by atoms with E-state index in [2.05, 4.69) is 22.2 Å². The summed E-state index contributed by atoms with van der Waals surface area (Å²) in [6.07, 6.45) is 3.44. The average Bonchev–Trinajstić information content (AvgIpc) is 2.36. The summed E-state index contributed by atoms with van der Waals surface area (Å²) in [4.78, 5) is 6.88. The molecule has 0 unspecified atom stereocenters. The fraction of sp³-hybridized carbons (Fsp3) is 0.571. The molecule has 0 amide bonds. The molecule has 1 aliphatic heterocycles. The molecule has 11 heavy (non-hydrogen) atoms. The number of rotatable bonds is 2. The molecular weight excluding hydrogens is 142 g/mol. The van der Waals surface area contributed by atoms with Crippen LogP contribution in [-0.2, 0) is 0 Å². The molecule has 0 aromatic carbocycles. The SMILES string of the molecule is CC1(Oc2ncc[nH]2)CNC1. The van der Waals surface area contributed by atoms with Gasteiger partial charge in [-0.25, -0.2) is 4.98 Å². The molecule has 4 nitrogen and oxygen atoms in total. The van der Waals surface area contributed by atoms with Crippen molar-refractivity contribution < 1.29 is 4.74 Å². The number of imidazole rings is 1. The third-order valence-electron chi connectivity index (χ3n) is 1.81. The van der Waals surface area contributed by atoms with E-state index in [-0.39, 0.29) is 5.60 Å². The van der Waals surface area contributed by atoms with Gasteiger partial charge in [0.1, 0.15) is 5.60 Å². The minimum Gasteiger partial charge on any atom is -0.456 e. The van der Waals surface area contributed by atoms with Crippen molar-refractivity contribution in [2.75, 3.05) is 13.1 Å². The summed E-state index contributed by atoms with van der Waals surface area (Å²) in [6, 6.07) is 0.606. The van der Waals surface area contributed by atoms with Crippen molar-refractivity contribution in [3.63, 3.8) is 0 Å². The Morgan fingerprint density at radius 2 is 2.45 bits per heavy atom. The van der Waals surface area contributed by atoms with Gasteiger partial charge in [-0.1, -0.05) is 0 Å². The van der Waals surface area contributed by atoms with Crippen LogP contribution < -0.4 is 10.1 Å². The highest BCUT2D eigenvalue weighted by molar-refractivity contribution is 5.01. The Balaban J connectivity index is 2.00. The molecule has 0 saturated carbocycles. The molecule has 2 heterocycles. The van der Waals surface area contributed by atoms with Crippen LogP contribution in [0.3, 0.4) is 0 Å². The van der Waals surface area contributed by atoms with E-state index in [1.807, 2.05) is 0 Å². The summed E-state index contributed by atoms with van der Waals surface area (Å²) in [6.45, 7) is 3.85. The maximum absolute atomic E-state index is 5.55. The topological polar surface area (TPSA) is 49.9 Å². The first-order valence-electron chi connectivity index (χ1n) is 3.68. The predicted octanol–water partition coefficient (Wildman–Crippen LogP) is 0.150. The maximum atomic E-state index is 5.55. The Bertz CT molecular complexity index is 228. The van der Waals surface area contributed by atoms with E-state index >= 15 is 0 Å². The molecule has 0 radical (unpaired) electrons. The van der Waals surface area contributed by atoms with E-state index in [9.17, 15) is 0 Å². The zero-order valence-electron chi connectivity index (χ0n) is 6.42. The third kappa shape index (κ3) is 1.21. The van der Waals surface area contributed by atoms with Gasteiger partial charge in [0.15, 0.2) is 0 Å². The van der Waals surface area contributed by atoms with Crippen molar-refractivity contribution >= 4 is 0 Å². The minimum atomic E-state index is -0.0577. The number of hydrogen-bond donors (Lipinski definition) is 2. The van der Waals surface area contributed by atoms with Crippen LogP contribution in [0.15, 0.2) is 12.4 Å². The molecule has 1 saturated heterocycles. The van der Waals surface area contributed by atoms with E-state index in [4.69, 9.17) is 4.74 Å². The molecule has 60 valence electrons. The number of hydrogen-bond acceptors (Lipinski definition) is 3. The predicted molar refractivity (Wildman–Crippen MR) is 40.5 cm³/mol. The first-order chi connectivity index (χ1) is 5.29. The second kappa shape index (κ2) is 2.23. The lowest BCUT2D eigenvalue weighted by molar-refractivity contribution is 0.0266. The van der Waals surface area contributed by atoms with Crippen LogP contribution in [0.1, 0.15) is 6.92 Å². The molecule has 0 aliphatic carbocycles. The van der Waals surface area contributed by atoms with Gasteiger partial charge in [0.2, 0.25) is 0 Å². The lowest BCUT2D eigenvalue weighted by Gasteiger charge is -2.38. The Morgan fingerprint density at radius 1 is 1.64 bits per heavy atom. The summed E-state index contributed by atoms with van der Waals surface area (Å²) in [5, 5.41) is 3.15. The lowest BCUT2D eigenvalue weighted by Crippen LogP contribution is -2.61. The lowest BCUT2D eigenvalue weighted by atomic mass is 10.0. The van der Waals surface area contributed by atoms with E-state index in [0.29, 0.717) is 6.01 Å². The van der Waals surface area contributed by atoms with Crippen molar-refractivity contribution in [1.29, 1.82) is 0 Å². The van der Waals surface area contributed by atoms with Crippen molar-refractivity contribution in [3.8, 4) is 6.01 Å². The van der Waals surface area contributed by atoms with Crippen LogP contribution in [0.5, 0.6) is 6.01 Å². The molecule has 4 heteroatoms. The van der Waals surface area contributed by atoms with Crippen LogP contribution >= 0.6 is 0 Å². The third-order valence-corrected chi connectivity index (χ3v) is 1.81. The maximum Gasteiger partial charge on any atom is 0.294 e. The molecule has 0 bridgehead atoms. The van der Waals surface area contributed by atoms with Gasteiger partial charge in [-0.3, -0.25) is 0 Å². The summed E-state index contributed by atoms with van der Waals surface area (Å²) in [5.74, 6) is 0. The van der Waals surface area contributed by atoms with Gasteiger partial charge >= 0.3 is 0 Å². The van der Waals surface area contributed by atoms with Gasteiger partial charge in [-0.15, -0.1) is 0 Å². The molecule has 0 spiro atoms. The quantitative estimate of drug-likeness (QED) is 0.636. The first kappa shape index (κ1) is 6.67. The zero-order chi connectivity index (χ0) is 7.73. The summed E-state index contributed by atoms with van der Waals surface area (Å²) in [7, 11) is 0. The molecule has 0 atom stereocenters. The largest absolute Gasteiger partial charge is 0.456 e. The highest BCUT2D eigenvalue weighted by atomic mass is 16.5. The Labute approximate surface area is 65.0 Å². The second-order valence-electron chi connectivity index (χ2n) is 3.05. The van der Waals surface area contributed by atoms with Crippen molar-refractivity contribution in [2.24, 2.45) is 0 Å². The van der Waals surface area contributed by atoms with Gasteiger partial charge in [-0.05, 0) is 6.92 Å². The fourth-order valence-corrected chi connectivity index (χ4v) is 1.09. The highest BCUT2D eigenvalue weighted by Crippen LogP contribution is 2.17. The Hall–Kier alpha value is -1.03. The molecule has 1 aliphatic rings. The van der Waals surface area contributed by atoms with Gasteiger partial charge in [0, 0.05) is 25.5 Å². The monoisotopic (exact) mass is 153 g/mol. The molecule has 2 N–H and O–H groups in total. The number of ether oxygens (including phenoxy) is 1. The van der Waals surface area contributed by atoms with E-state index in [1.165, 1.54) is 0 Å². The number of aromatic amines is 1. The van der Waals surface area contributed by atoms with Crippen LogP contribution in [0.4, 0.5) is 0 Å². The average molecular weight is 153 g/mol. The Kier molecular flexibility index (Phi) is 1.35. The standard InChI is InChI=1S/C7H11N3O/c1-7(4-8-5-7)11-6-9-2-3-10-6/h2-3,8H,4-5H2,1H3,(H,9,10). The fourth-order valence-electron chi connectivity index (χ4n) is 1.09. The highest BCUT2D eigenvalue weighted by Gasteiger charge is 2.34. The Morgan fingerprint density at radius 3 is 2.91 bits per heavy atom. The number of nitrogens with zero attached hydrogens (tertiary/aromatic N) is 1. The summed E-state index contributed by atoms with van der Waals surface area (Å²) < 4.78 is 5.55. The van der Waals surface area contributed by atoms with Gasteiger partial charge in [0.25, 0.3) is 6.01 Å². The van der Waals surface area contributed by atoms with Crippen molar-refractivity contribution in [3.05, 3.63) is 12.4 Å². The number of H-pyrrole nitrogens is 1. The van der Waals surface area contributed by atoms with E-state index in [0.717, 1.165) is 13.1 Å². The number of nitrogens with one attached hydrogen (secondary N) is 2. The first-order valence-corrected chi connectivity index (χ1v) is 3.68. The van der Waals surface area contributed by atoms with E-state index in [1.54, 1.807) is 12.4 Å². The van der Waals surface area contributed by atoms with Crippen molar-refractivity contribution in [2.45, 2.75) is 12.5 Å². The molecule has 1 aromatic heterocycles. The summed E-state index contributed by atoms with van der Waals surface area (Å²) >= 11 is 0. The second-order valence-corrected chi connectivity index (χ2v) is 3.05. The number of aromatic nitrogens is 2.